The van der Waals surface area contributed by atoms with Gasteiger partial charge in [0.15, 0.2) is 0 Å². The predicted octanol–water partition coefficient (Wildman–Crippen LogP) is 1.84. The van der Waals surface area contributed by atoms with E-state index < -0.39 is 23.2 Å². The van der Waals surface area contributed by atoms with E-state index in [0.29, 0.717) is 12.8 Å². The van der Waals surface area contributed by atoms with Gasteiger partial charge < -0.3 is 15.7 Å². The molecular weight excluding hydrogens is 299 g/mol. The van der Waals surface area contributed by atoms with Crippen molar-refractivity contribution < 1.29 is 19.1 Å². The van der Waals surface area contributed by atoms with Gasteiger partial charge in [-0.05, 0) is 31.0 Å². The molecule has 2 amide bonds. The first-order valence-corrected chi connectivity index (χ1v) is 7.04. The van der Waals surface area contributed by atoms with E-state index in [1.807, 2.05) is 0 Å². The summed E-state index contributed by atoms with van der Waals surface area (Å²) in [6.45, 7) is 0.0112. The van der Waals surface area contributed by atoms with E-state index >= 15 is 0 Å². The van der Waals surface area contributed by atoms with Gasteiger partial charge in [-0.15, -0.1) is 0 Å². The molecule has 5 nitrogen and oxygen atoms in total. The SMILES string of the molecule is O=C(NCC1(O)CCCC1)C(=O)Nc1cc(Cl)ccc1F. The van der Waals surface area contributed by atoms with E-state index in [1.165, 1.54) is 12.1 Å². The fourth-order valence-electron chi connectivity index (χ4n) is 2.31. The lowest BCUT2D eigenvalue weighted by Gasteiger charge is -2.22. The largest absolute Gasteiger partial charge is 0.388 e. The van der Waals surface area contributed by atoms with E-state index in [0.717, 1.165) is 18.9 Å². The molecule has 1 aliphatic rings. The van der Waals surface area contributed by atoms with Gasteiger partial charge in [0, 0.05) is 11.6 Å². The zero-order valence-electron chi connectivity index (χ0n) is 11.3. The van der Waals surface area contributed by atoms with Crippen molar-refractivity contribution in [2.75, 3.05) is 11.9 Å². The van der Waals surface area contributed by atoms with Crippen LogP contribution in [0.2, 0.25) is 5.02 Å². The van der Waals surface area contributed by atoms with E-state index in [2.05, 4.69) is 10.6 Å². The van der Waals surface area contributed by atoms with Crippen LogP contribution in [0.5, 0.6) is 0 Å². The average molecular weight is 315 g/mol. The quantitative estimate of drug-likeness (QED) is 0.745. The van der Waals surface area contributed by atoms with Crippen molar-refractivity contribution >= 4 is 29.1 Å². The van der Waals surface area contributed by atoms with Crippen LogP contribution in [0.1, 0.15) is 25.7 Å². The van der Waals surface area contributed by atoms with Crippen LogP contribution in [-0.4, -0.2) is 29.1 Å². The van der Waals surface area contributed by atoms with Crippen molar-refractivity contribution in [3.8, 4) is 0 Å². The third kappa shape index (κ3) is 4.15. The molecule has 0 atom stereocenters. The van der Waals surface area contributed by atoms with Crippen LogP contribution in [0.4, 0.5) is 10.1 Å². The molecule has 7 heteroatoms. The van der Waals surface area contributed by atoms with E-state index in [4.69, 9.17) is 11.6 Å². The molecule has 1 fully saturated rings. The number of carbonyl (C=O) groups excluding carboxylic acids is 2. The average Bonchev–Trinajstić information content (AvgIpc) is 2.87. The molecule has 0 aromatic heterocycles. The zero-order chi connectivity index (χ0) is 15.5. The van der Waals surface area contributed by atoms with Crippen LogP contribution < -0.4 is 10.6 Å². The van der Waals surface area contributed by atoms with Gasteiger partial charge in [0.05, 0.1) is 11.3 Å². The summed E-state index contributed by atoms with van der Waals surface area (Å²) in [5, 5.41) is 14.8. The fourth-order valence-corrected chi connectivity index (χ4v) is 2.48. The van der Waals surface area contributed by atoms with E-state index in [9.17, 15) is 19.1 Å². The second-order valence-electron chi connectivity index (χ2n) is 5.19. The molecule has 3 N–H and O–H groups in total. The van der Waals surface area contributed by atoms with Gasteiger partial charge in [-0.25, -0.2) is 4.39 Å². The van der Waals surface area contributed by atoms with Crippen LogP contribution in [0, 0.1) is 5.82 Å². The first kappa shape index (κ1) is 15.7. The molecule has 0 radical (unpaired) electrons. The fraction of sp³-hybridized carbons (Fsp3) is 0.429. The first-order valence-electron chi connectivity index (χ1n) is 6.66. The minimum Gasteiger partial charge on any atom is -0.388 e. The Morgan fingerprint density at radius 1 is 1.29 bits per heavy atom. The number of hydrogen-bond acceptors (Lipinski definition) is 3. The summed E-state index contributed by atoms with van der Waals surface area (Å²) < 4.78 is 13.4. The van der Waals surface area contributed by atoms with Gasteiger partial charge in [0.25, 0.3) is 0 Å². The Hall–Kier alpha value is -1.66. The summed E-state index contributed by atoms with van der Waals surface area (Å²) in [7, 11) is 0. The number of anilines is 1. The number of benzene rings is 1. The monoisotopic (exact) mass is 314 g/mol. The zero-order valence-corrected chi connectivity index (χ0v) is 12.0. The molecule has 0 bridgehead atoms. The molecule has 1 saturated carbocycles. The van der Waals surface area contributed by atoms with Crippen molar-refractivity contribution in [1.29, 1.82) is 0 Å². The summed E-state index contributed by atoms with van der Waals surface area (Å²) in [5.41, 5.74) is -1.11. The minimum absolute atomic E-state index is 0.0112. The smallest absolute Gasteiger partial charge is 0.313 e. The lowest BCUT2D eigenvalue weighted by molar-refractivity contribution is -0.136. The maximum atomic E-state index is 13.4. The predicted molar refractivity (Wildman–Crippen MR) is 76.5 cm³/mol. The lowest BCUT2D eigenvalue weighted by Crippen LogP contribution is -2.44. The maximum Gasteiger partial charge on any atom is 0.313 e. The second-order valence-corrected chi connectivity index (χ2v) is 5.63. The van der Waals surface area contributed by atoms with Crippen LogP contribution in [0.3, 0.4) is 0 Å². The Balaban J connectivity index is 1.90. The second kappa shape index (κ2) is 6.41. The maximum absolute atomic E-state index is 13.4. The molecule has 0 unspecified atom stereocenters. The Labute approximate surface area is 126 Å². The topological polar surface area (TPSA) is 78.4 Å². The molecule has 1 aromatic rings. The Morgan fingerprint density at radius 2 is 1.95 bits per heavy atom. The van der Waals surface area contributed by atoms with Crippen molar-refractivity contribution in [3.05, 3.63) is 29.0 Å². The number of carbonyl (C=O) groups is 2. The Kier molecular flexibility index (Phi) is 4.80. The van der Waals surface area contributed by atoms with Gasteiger partial charge in [-0.1, -0.05) is 24.4 Å². The van der Waals surface area contributed by atoms with Crippen molar-refractivity contribution in [2.24, 2.45) is 0 Å². The first-order chi connectivity index (χ1) is 9.89. The molecule has 114 valence electrons. The van der Waals surface area contributed by atoms with Gasteiger partial charge in [0.2, 0.25) is 0 Å². The number of rotatable bonds is 3. The molecular formula is C14H16ClFN2O3. The Bertz CT molecular complexity index is 559. The van der Waals surface area contributed by atoms with E-state index in [1.54, 1.807) is 0 Å². The summed E-state index contributed by atoms with van der Waals surface area (Å²) in [6.07, 6.45) is 2.98. The Morgan fingerprint density at radius 3 is 2.62 bits per heavy atom. The molecule has 2 rings (SSSR count). The summed E-state index contributed by atoms with van der Waals surface area (Å²) in [5.74, 6) is -2.61. The molecule has 1 aromatic carbocycles. The molecule has 0 aliphatic heterocycles. The van der Waals surface area contributed by atoms with Crippen LogP contribution in [-0.2, 0) is 9.59 Å². The lowest BCUT2D eigenvalue weighted by atomic mass is 10.0. The number of nitrogens with one attached hydrogen (secondary N) is 2. The van der Waals surface area contributed by atoms with Crippen molar-refractivity contribution in [3.63, 3.8) is 0 Å². The van der Waals surface area contributed by atoms with Gasteiger partial charge in [0.1, 0.15) is 5.82 Å². The molecule has 0 heterocycles. The molecule has 0 saturated heterocycles. The molecule has 21 heavy (non-hydrogen) atoms. The van der Waals surface area contributed by atoms with Gasteiger partial charge in [-0.2, -0.15) is 0 Å². The summed E-state index contributed by atoms with van der Waals surface area (Å²) in [4.78, 5) is 23.3. The number of hydrogen-bond donors (Lipinski definition) is 3. The summed E-state index contributed by atoms with van der Waals surface area (Å²) in [6, 6.07) is 3.64. The number of halogens is 2. The van der Waals surface area contributed by atoms with E-state index in [-0.39, 0.29) is 17.3 Å². The normalized spacial score (nSPS) is 16.5. The highest BCUT2D eigenvalue weighted by Crippen LogP contribution is 2.28. The van der Waals surface area contributed by atoms with Crippen molar-refractivity contribution in [2.45, 2.75) is 31.3 Å². The van der Waals surface area contributed by atoms with Gasteiger partial charge >= 0.3 is 11.8 Å². The third-order valence-electron chi connectivity index (χ3n) is 3.50. The minimum atomic E-state index is -1.00. The highest BCUT2D eigenvalue weighted by atomic mass is 35.5. The number of amides is 2. The van der Waals surface area contributed by atoms with Crippen molar-refractivity contribution in [1.82, 2.24) is 5.32 Å². The summed E-state index contributed by atoms with van der Waals surface area (Å²) >= 11 is 5.69. The van der Waals surface area contributed by atoms with Crippen LogP contribution >= 0.6 is 11.6 Å². The molecule has 0 spiro atoms. The standard InChI is InChI=1S/C14H16ClFN2O3/c15-9-3-4-10(16)11(7-9)18-13(20)12(19)17-8-14(21)5-1-2-6-14/h3-4,7,21H,1-2,5-6,8H2,(H,17,19)(H,18,20). The van der Waals surface area contributed by atoms with Gasteiger partial charge in [-0.3, -0.25) is 9.59 Å². The number of aliphatic hydroxyl groups is 1. The third-order valence-corrected chi connectivity index (χ3v) is 3.73. The van der Waals surface area contributed by atoms with Crippen LogP contribution in [0.25, 0.3) is 0 Å². The highest BCUT2D eigenvalue weighted by Gasteiger charge is 2.32. The highest BCUT2D eigenvalue weighted by molar-refractivity contribution is 6.39. The molecule has 1 aliphatic carbocycles. The van der Waals surface area contributed by atoms with Crippen LogP contribution in [0.15, 0.2) is 18.2 Å².